The van der Waals surface area contributed by atoms with Crippen LogP contribution < -0.4 is 0 Å². The van der Waals surface area contributed by atoms with E-state index in [2.05, 4.69) is 4.98 Å². The van der Waals surface area contributed by atoms with Gasteiger partial charge in [-0.3, -0.25) is 9.78 Å². The van der Waals surface area contributed by atoms with Crippen molar-refractivity contribution in [3.05, 3.63) is 29.8 Å². The van der Waals surface area contributed by atoms with Gasteiger partial charge in [0.05, 0.1) is 5.69 Å². The van der Waals surface area contributed by atoms with Crippen LogP contribution in [0.1, 0.15) is 5.69 Å². The molecule has 0 unspecified atom stereocenters. The van der Waals surface area contributed by atoms with Crippen molar-refractivity contribution in [3.63, 3.8) is 0 Å². The lowest BCUT2D eigenvalue weighted by atomic mass is 10.4. The number of pyridine rings is 1. The molecule has 1 aromatic heterocycles. The first-order valence-corrected chi connectivity index (χ1v) is 2.87. The molecule has 0 fully saturated rings. The van der Waals surface area contributed by atoms with Crippen LogP contribution >= 0.6 is 0 Å². The van der Waals surface area contributed by atoms with Gasteiger partial charge in [0.1, 0.15) is 5.82 Å². The van der Waals surface area contributed by atoms with E-state index in [0.717, 1.165) is 0 Å². The Bertz CT molecular complexity index is 206. The lowest BCUT2D eigenvalue weighted by molar-refractivity contribution is -0.122. The lowest BCUT2D eigenvalue weighted by Gasteiger charge is -1.88. The maximum absolute atomic E-state index is 12.3. The number of aryl methyl sites for hydroxylation is 1. The van der Waals surface area contributed by atoms with Gasteiger partial charge in [0.2, 0.25) is 0 Å². The molecule has 0 bridgehead atoms. The molecule has 0 saturated carbocycles. The average molecular weight is 157 g/mol. The van der Waals surface area contributed by atoms with Gasteiger partial charge in [-0.25, -0.2) is 4.39 Å². The molecule has 1 aromatic rings. The second kappa shape index (κ2) is 5.34. The van der Waals surface area contributed by atoms with Crippen molar-refractivity contribution in [2.24, 2.45) is 0 Å². The first-order valence-electron chi connectivity index (χ1n) is 2.87. The number of nitrogens with zero attached hydrogens (tertiary/aromatic N) is 1. The Kier molecular flexibility index (Phi) is 4.64. The van der Waals surface area contributed by atoms with Crippen LogP contribution in [0.25, 0.3) is 0 Å². The predicted octanol–water partition coefficient (Wildman–Crippen LogP) is 1.23. The molecular weight excluding hydrogens is 149 g/mol. The lowest BCUT2D eigenvalue weighted by Crippen LogP contribution is -1.82. The van der Waals surface area contributed by atoms with E-state index in [9.17, 15) is 4.39 Å². The Labute approximate surface area is 63.5 Å². The van der Waals surface area contributed by atoms with Crippen molar-refractivity contribution in [1.82, 2.24) is 4.98 Å². The highest BCUT2D eigenvalue weighted by molar-refractivity contribution is 5.32. The molecule has 60 valence electrons. The van der Waals surface area contributed by atoms with E-state index in [-0.39, 0.29) is 12.3 Å². The summed E-state index contributed by atoms with van der Waals surface area (Å²) in [4.78, 5) is 12.1. The third kappa shape index (κ3) is 4.02. The van der Waals surface area contributed by atoms with Crippen LogP contribution in [-0.2, 0) is 4.79 Å². The molecule has 0 spiro atoms. The van der Waals surface area contributed by atoms with Gasteiger partial charge in [-0.05, 0) is 19.1 Å². The van der Waals surface area contributed by atoms with Crippen molar-refractivity contribution in [2.45, 2.75) is 6.92 Å². The minimum absolute atomic E-state index is 0.243. The molecule has 1 heterocycles. The van der Waals surface area contributed by atoms with Crippen molar-refractivity contribution >= 4 is 6.47 Å². The van der Waals surface area contributed by atoms with E-state index in [1.54, 1.807) is 19.2 Å². The van der Waals surface area contributed by atoms with Gasteiger partial charge in [0.25, 0.3) is 6.47 Å². The van der Waals surface area contributed by atoms with Gasteiger partial charge < -0.3 is 5.11 Å². The predicted molar refractivity (Wildman–Crippen MR) is 37.6 cm³/mol. The summed E-state index contributed by atoms with van der Waals surface area (Å²) in [6, 6.07) is 2.96. The van der Waals surface area contributed by atoms with Gasteiger partial charge >= 0.3 is 0 Å². The fraction of sp³-hybridized carbons (Fsp3) is 0.143. The maximum Gasteiger partial charge on any atom is 0.290 e. The summed E-state index contributed by atoms with van der Waals surface area (Å²) in [5, 5.41) is 6.89. The number of rotatable bonds is 0. The number of halogens is 1. The number of carbonyl (C=O) groups is 1. The van der Waals surface area contributed by atoms with E-state index >= 15 is 0 Å². The minimum atomic E-state index is -0.250. The van der Waals surface area contributed by atoms with Gasteiger partial charge in [-0.1, -0.05) is 0 Å². The highest BCUT2D eigenvalue weighted by Crippen LogP contribution is 1.97. The third-order valence-electron chi connectivity index (χ3n) is 0.942. The Morgan fingerprint density at radius 2 is 2.27 bits per heavy atom. The average Bonchev–Trinajstić information content (AvgIpc) is 1.97. The van der Waals surface area contributed by atoms with Crippen LogP contribution in [0.15, 0.2) is 18.3 Å². The fourth-order valence-electron chi connectivity index (χ4n) is 0.465. The van der Waals surface area contributed by atoms with Crippen LogP contribution in [-0.4, -0.2) is 16.6 Å². The highest BCUT2D eigenvalue weighted by Gasteiger charge is 1.90. The molecule has 0 aliphatic carbocycles. The first kappa shape index (κ1) is 9.55. The Hall–Kier alpha value is -1.45. The molecular formula is C7H8FNO2. The van der Waals surface area contributed by atoms with Gasteiger partial charge in [0, 0.05) is 6.20 Å². The summed E-state index contributed by atoms with van der Waals surface area (Å²) in [5.41, 5.74) is 0.451. The quantitative estimate of drug-likeness (QED) is 0.576. The number of aromatic nitrogens is 1. The number of hydrogen-bond acceptors (Lipinski definition) is 2. The van der Waals surface area contributed by atoms with Crippen molar-refractivity contribution in [3.8, 4) is 0 Å². The van der Waals surface area contributed by atoms with E-state index in [1.807, 2.05) is 0 Å². The molecule has 0 aromatic carbocycles. The van der Waals surface area contributed by atoms with E-state index in [0.29, 0.717) is 5.69 Å². The van der Waals surface area contributed by atoms with E-state index in [4.69, 9.17) is 9.90 Å². The molecule has 11 heavy (non-hydrogen) atoms. The minimum Gasteiger partial charge on any atom is -0.483 e. The molecule has 0 radical (unpaired) electrons. The zero-order valence-corrected chi connectivity index (χ0v) is 5.99. The zero-order valence-electron chi connectivity index (χ0n) is 5.99. The second-order valence-electron chi connectivity index (χ2n) is 1.68. The normalized spacial score (nSPS) is 7.82. The number of hydrogen-bond donors (Lipinski definition) is 1. The summed E-state index contributed by atoms with van der Waals surface area (Å²) < 4.78 is 12.3. The molecule has 0 aliphatic heterocycles. The standard InChI is InChI=1S/C6H6FN.CH2O2/c1-5-6(7)3-2-4-8-5;2-1-3/h2-4H,1H3;1H,(H,2,3). The van der Waals surface area contributed by atoms with Gasteiger partial charge in [-0.2, -0.15) is 0 Å². The topological polar surface area (TPSA) is 50.2 Å². The van der Waals surface area contributed by atoms with Crippen LogP contribution in [0, 0.1) is 12.7 Å². The smallest absolute Gasteiger partial charge is 0.290 e. The van der Waals surface area contributed by atoms with Crippen LogP contribution in [0.5, 0.6) is 0 Å². The SMILES string of the molecule is Cc1ncccc1F.O=CO. The van der Waals surface area contributed by atoms with E-state index in [1.165, 1.54) is 6.07 Å². The Morgan fingerprint density at radius 1 is 1.73 bits per heavy atom. The maximum atomic E-state index is 12.3. The van der Waals surface area contributed by atoms with Gasteiger partial charge in [0.15, 0.2) is 0 Å². The van der Waals surface area contributed by atoms with Crippen LogP contribution in [0.3, 0.4) is 0 Å². The molecule has 0 atom stereocenters. The third-order valence-corrected chi connectivity index (χ3v) is 0.942. The summed E-state index contributed by atoms with van der Waals surface area (Å²) in [6.45, 7) is 1.38. The number of carboxylic acid groups (broad SMARTS) is 1. The second-order valence-corrected chi connectivity index (χ2v) is 1.68. The molecule has 0 amide bonds. The Balaban J connectivity index is 0.000000292. The summed E-state index contributed by atoms with van der Waals surface area (Å²) in [7, 11) is 0. The summed E-state index contributed by atoms with van der Waals surface area (Å²) >= 11 is 0. The highest BCUT2D eigenvalue weighted by atomic mass is 19.1. The Morgan fingerprint density at radius 3 is 2.55 bits per heavy atom. The molecule has 1 rings (SSSR count). The molecule has 4 heteroatoms. The molecule has 0 aliphatic rings. The largest absolute Gasteiger partial charge is 0.483 e. The molecule has 3 nitrogen and oxygen atoms in total. The van der Waals surface area contributed by atoms with Crippen molar-refractivity contribution in [1.29, 1.82) is 0 Å². The van der Waals surface area contributed by atoms with Crippen molar-refractivity contribution in [2.75, 3.05) is 0 Å². The molecule has 0 saturated heterocycles. The zero-order chi connectivity index (χ0) is 8.69. The van der Waals surface area contributed by atoms with Gasteiger partial charge in [-0.15, -0.1) is 0 Å². The summed E-state index contributed by atoms with van der Waals surface area (Å²) in [5.74, 6) is -0.243. The fourth-order valence-corrected chi connectivity index (χ4v) is 0.465. The van der Waals surface area contributed by atoms with Crippen molar-refractivity contribution < 1.29 is 14.3 Å². The first-order chi connectivity index (χ1) is 5.22. The van der Waals surface area contributed by atoms with Crippen LogP contribution in [0.4, 0.5) is 4.39 Å². The van der Waals surface area contributed by atoms with Crippen LogP contribution in [0.2, 0.25) is 0 Å². The molecule has 1 N–H and O–H groups in total. The van der Waals surface area contributed by atoms with E-state index < -0.39 is 0 Å². The summed E-state index contributed by atoms with van der Waals surface area (Å²) in [6.07, 6.45) is 1.57. The monoisotopic (exact) mass is 157 g/mol.